The van der Waals surface area contributed by atoms with E-state index in [9.17, 15) is 14.7 Å². The number of benzene rings is 2. The van der Waals surface area contributed by atoms with Gasteiger partial charge in [0, 0.05) is 11.1 Å². The number of carbonyl (C=O) groups excluding carboxylic acids is 1. The summed E-state index contributed by atoms with van der Waals surface area (Å²) in [6.07, 6.45) is 6.33. The number of aromatic nitrogens is 1. The summed E-state index contributed by atoms with van der Waals surface area (Å²) in [5, 5.41) is 19.7. The molecular formula is C28H34N2O4. The lowest BCUT2D eigenvalue weighted by Gasteiger charge is -2.38. The minimum atomic E-state index is -1.53. The molecule has 1 heterocycles. The highest BCUT2D eigenvalue weighted by Crippen LogP contribution is 2.39. The maximum Gasteiger partial charge on any atom is 0.366 e. The van der Waals surface area contributed by atoms with Gasteiger partial charge in [0.15, 0.2) is 0 Å². The van der Waals surface area contributed by atoms with E-state index in [0.717, 1.165) is 31.2 Å². The van der Waals surface area contributed by atoms with Gasteiger partial charge >= 0.3 is 5.63 Å². The Bertz CT molecular complexity index is 1210. The zero-order valence-electron chi connectivity index (χ0n) is 20.3. The van der Waals surface area contributed by atoms with Crippen molar-refractivity contribution in [1.29, 1.82) is 0 Å². The highest BCUT2D eigenvalue weighted by atomic mass is 16.5. The van der Waals surface area contributed by atoms with Crippen molar-refractivity contribution in [2.45, 2.75) is 76.7 Å². The maximum absolute atomic E-state index is 13.6. The summed E-state index contributed by atoms with van der Waals surface area (Å²) in [6, 6.07) is 15.0. The molecule has 0 bridgehead atoms. The van der Waals surface area contributed by atoms with Crippen LogP contribution in [0.4, 0.5) is 5.69 Å². The van der Waals surface area contributed by atoms with Gasteiger partial charge in [0.05, 0.1) is 11.1 Å². The zero-order chi connectivity index (χ0) is 24.3. The summed E-state index contributed by atoms with van der Waals surface area (Å²) < 4.78 is 4.79. The van der Waals surface area contributed by atoms with Gasteiger partial charge in [-0.2, -0.15) is 0 Å². The van der Waals surface area contributed by atoms with E-state index in [4.69, 9.17) is 4.52 Å². The molecule has 1 atom stereocenters. The smallest absolute Gasteiger partial charge is 0.366 e. The zero-order valence-corrected chi connectivity index (χ0v) is 20.3. The van der Waals surface area contributed by atoms with Gasteiger partial charge in [0.2, 0.25) is 0 Å². The molecule has 1 amide bonds. The van der Waals surface area contributed by atoms with Crippen molar-refractivity contribution in [3.05, 3.63) is 70.2 Å². The van der Waals surface area contributed by atoms with E-state index >= 15 is 0 Å². The van der Waals surface area contributed by atoms with Crippen molar-refractivity contribution in [1.82, 2.24) is 5.16 Å². The third-order valence-corrected chi connectivity index (χ3v) is 7.22. The topological polar surface area (TPSA) is 92.4 Å². The highest BCUT2D eigenvalue weighted by molar-refractivity contribution is 5.99. The van der Waals surface area contributed by atoms with Crippen LogP contribution in [0.25, 0.3) is 10.8 Å². The standard InChI is InChI=1S/C28H34N2O4/c1-19-24-16-22(14-15-23(24)25(31)34-30-19)29-26(32)28(33,17-20-10-6-4-7-11-20)18-27(2,3)21-12-8-5-9-13-21/h5,8-9,12-16,20,33H,4,6-7,10-11,17-18H2,1-3H3,(H,29,32). The first kappa shape index (κ1) is 24.1. The van der Waals surface area contributed by atoms with Crippen LogP contribution in [0.5, 0.6) is 0 Å². The van der Waals surface area contributed by atoms with E-state index in [-0.39, 0.29) is 0 Å². The van der Waals surface area contributed by atoms with Gasteiger partial charge in [-0.3, -0.25) is 4.79 Å². The van der Waals surface area contributed by atoms with E-state index < -0.39 is 22.5 Å². The first-order chi connectivity index (χ1) is 16.2. The number of anilines is 1. The fourth-order valence-electron chi connectivity index (χ4n) is 5.39. The van der Waals surface area contributed by atoms with Crippen LogP contribution in [0.15, 0.2) is 57.8 Å². The number of aliphatic hydroxyl groups is 1. The third-order valence-electron chi connectivity index (χ3n) is 7.22. The normalized spacial score (nSPS) is 16.8. The largest absolute Gasteiger partial charge is 0.380 e. The van der Waals surface area contributed by atoms with Crippen molar-refractivity contribution in [2.75, 3.05) is 5.32 Å². The van der Waals surface area contributed by atoms with E-state index in [1.165, 1.54) is 6.42 Å². The Morgan fingerprint density at radius 3 is 2.50 bits per heavy atom. The first-order valence-electron chi connectivity index (χ1n) is 12.2. The molecule has 0 aliphatic heterocycles. The SMILES string of the molecule is Cc1noc(=O)c2ccc(NC(=O)C(O)(CC3CCCCC3)CC(C)(C)c3ccccc3)cc12. The van der Waals surface area contributed by atoms with Crippen LogP contribution in [0.1, 0.15) is 70.1 Å². The molecule has 1 aliphatic rings. The molecule has 1 saturated carbocycles. The van der Waals surface area contributed by atoms with E-state index in [0.29, 0.717) is 40.9 Å². The number of fused-ring (bicyclic) bond motifs is 1. The van der Waals surface area contributed by atoms with Gasteiger partial charge < -0.3 is 14.9 Å². The molecule has 1 aliphatic carbocycles. The molecule has 3 aromatic rings. The summed E-state index contributed by atoms with van der Waals surface area (Å²) in [5.41, 5.74) is -0.272. The van der Waals surface area contributed by atoms with Gasteiger partial charge in [-0.25, -0.2) is 4.79 Å². The number of nitrogens with one attached hydrogen (secondary N) is 1. The van der Waals surface area contributed by atoms with Crippen LogP contribution < -0.4 is 10.9 Å². The molecule has 1 unspecified atom stereocenters. The fourth-order valence-corrected chi connectivity index (χ4v) is 5.39. The molecule has 0 spiro atoms. The second kappa shape index (κ2) is 9.71. The van der Waals surface area contributed by atoms with Crippen molar-refractivity contribution < 1.29 is 14.4 Å². The molecule has 1 aromatic heterocycles. The summed E-state index contributed by atoms with van der Waals surface area (Å²) in [6.45, 7) is 5.90. The van der Waals surface area contributed by atoms with Crippen LogP contribution in [-0.4, -0.2) is 21.8 Å². The monoisotopic (exact) mass is 462 g/mol. The van der Waals surface area contributed by atoms with Crippen molar-refractivity contribution in [3.63, 3.8) is 0 Å². The van der Waals surface area contributed by atoms with Crippen molar-refractivity contribution in [2.24, 2.45) is 5.92 Å². The van der Waals surface area contributed by atoms with Gasteiger partial charge in [-0.15, -0.1) is 0 Å². The molecule has 6 heteroatoms. The number of nitrogens with zero attached hydrogens (tertiary/aromatic N) is 1. The number of hydrogen-bond donors (Lipinski definition) is 2. The Morgan fingerprint density at radius 2 is 1.79 bits per heavy atom. The summed E-state index contributed by atoms with van der Waals surface area (Å²) in [7, 11) is 0. The maximum atomic E-state index is 13.6. The lowest BCUT2D eigenvalue weighted by atomic mass is 9.70. The molecule has 0 radical (unpaired) electrons. The second-order valence-corrected chi connectivity index (χ2v) is 10.4. The fraction of sp³-hybridized carbons (Fsp3) is 0.464. The third kappa shape index (κ3) is 5.22. The molecule has 0 saturated heterocycles. The average molecular weight is 463 g/mol. The van der Waals surface area contributed by atoms with Crippen LogP contribution >= 0.6 is 0 Å². The lowest BCUT2D eigenvalue weighted by Crippen LogP contribution is -2.48. The van der Waals surface area contributed by atoms with Crippen LogP contribution in [0.2, 0.25) is 0 Å². The summed E-state index contributed by atoms with van der Waals surface area (Å²) >= 11 is 0. The quantitative estimate of drug-likeness (QED) is 0.483. The first-order valence-corrected chi connectivity index (χ1v) is 12.2. The average Bonchev–Trinajstić information content (AvgIpc) is 2.82. The molecule has 6 nitrogen and oxygen atoms in total. The molecule has 2 N–H and O–H groups in total. The van der Waals surface area contributed by atoms with Crippen LogP contribution in [0, 0.1) is 12.8 Å². The molecular weight excluding hydrogens is 428 g/mol. The molecule has 2 aromatic carbocycles. The number of aryl methyl sites for hydroxylation is 1. The molecule has 34 heavy (non-hydrogen) atoms. The Balaban J connectivity index is 1.63. The molecule has 4 rings (SSSR count). The Kier molecular flexibility index (Phi) is 6.89. The number of amides is 1. The predicted octanol–water partition coefficient (Wildman–Crippen LogP) is 5.50. The number of hydrogen-bond acceptors (Lipinski definition) is 5. The number of rotatable bonds is 7. The minimum Gasteiger partial charge on any atom is -0.380 e. The Labute approximate surface area is 200 Å². The van der Waals surface area contributed by atoms with E-state index in [1.807, 2.05) is 30.3 Å². The van der Waals surface area contributed by atoms with Crippen LogP contribution in [0.3, 0.4) is 0 Å². The van der Waals surface area contributed by atoms with Crippen molar-refractivity contribution in [3.8, 4) is 0 Å². The molecule has 1 fully saturated rings. The summed E-state index contributed by atoms with van der Waals surface area (Å²) in [5.74, 6) is -0.0845. The van der Waals surface area contributed by atoms with Gasteiger partial charge in [-0.1, -0.05) is 81.4 Å². The second-order valence-electron chi connectivity index (χ2n) is 10.4. The van der Waals surface area contributed by atoms with Crippen LogP contribution in [-0.2, 0) is 10.2 Å². The van der Waals surface area contributed by atoms with E-state index in [2.05, 4.69) is 24.3 Å². The van der Waals surface area contributed by atoms with Gasteiger partial charge in [0.25, 0.3) is 5.91 Å². The Hall–Kier alpha value is -2.99. The molecule has 180 valence electrons. The highest BCUT2D eigenvalue weighted by Gasteiger charge is 2.43. The van der Waals surface area contributed by atoms with E-state index in [1.54, 1.807) is 25.1 Å². The lowest BCUT2D eigenvalue weighted by molar-refractivity contribution is -0.138. The summed E-state index contributed by atoms with van der Waals surface area (Å²) in [4.78, 5) is 25.6. The van der Waals surface area contributed by atoms with Gasteiger partial charge in [-0.05, 0) is 54.9 Å². The van der Waals surface area contributed by atoms with Gasteiger partial charge in [0.1, 0.15) is 5.60 Å². The predicted molar refractivity (Wildman–Crippen MR) is 134 cm³/mol. The van der Waals surface area contributed by atoms with Crippen molar-refractivity contribution >= 4 is 22.4 Å². The number of carbonyl (C=O) groups is 1. The minimum absolute atomic E-state index is 0.310. The Morgan fingerprint density at radius 1 is 1.09 bits per heavy atom.